The van der Waals surface area contributed by atoms with E-state index in [-0.39, 0.29) is 5.92 Å². The number of hydrogen-bond donors (Lipinski definition) is 0. The van der Waals surface area contributed by atoms with Crippen LogP contribution in [0.15, 0.2) is 12.1 Å². The van der Waals surface area contributed by atoms with Gasteiger partial charge in [0.15, 0.2) is 0 Å². The molecule has 2 nitrogen and oxygen atoms in total. The van der Waals surface area contributed by atoms with Gasteiger partial charge in [-0.25, -0.2) is 0 Å². The molecule has 0 fully saturated rings. The van der Waals surface area contributed by atoms with Crippen LogP contribution in [0.5, 0.6) is 5.75 Å². The van der Waals surface area contributed by atoms with Gasteiger partial charge in [0.1, 0.15) is 5.75 Å². The van der Waals surface area contributed by atoms with Crippen molar-refractivity contribution in [3.63, 3.8) is 0 Å². The number of benzene rings is 1. The summed E-state index contributed by atoms with van der Waals surface area (Å²) in [5.74, 6) is 1.62. The van der Waals surface area contributed by atoms with Crippen molar-refractivity contribution in [2.24, 2.45) is 0 Å². The van der Waals surface area contributed by atoms with Gasteiger partial charge in [-0.05, 0) is 29.5 Å². The summed E-state index contributed by atoms with van der Waals surface area (Å²) in [5.41, 5.74) is 3.94. The average Bonchev–Trinajstić information content (AvgIpc) is 2.81. The summed E-state index contributed by atoms with van der Waals surface area (Å²) in [7, 11) is 0. The molecule has 2 heteroatoms. The number of ether oxygens (including phenoxy) is 1. The van der Waals surface area contributed by atoms with Crippen LogP contribution in [0.3, 0.4) is 0 Å². The minimum absolute atomic E-state index is 0.0895. The largest absolute Gasteiger partial charge is 0.493 e. The first-order chi connectivity index (χ1) is 7.31. The Morgan fingerprint density at radius 3 is 3.13 bits per heavy atom. The third-order valence-corrected chi connectivity index (χ3v) is 3.58. The molecule has 2 unspecified atom stereocenters. The molecule has 0 N–H and O–H groups in total. The molecule has 0 bridgehead atoms. The van der Waals surface area contributed by atoms with Gasteiger partial charge in [-0.15, -0.1) is 0 Å². The van der Waals surface area contributed by atoms with Gasteiger partial charge >= 0.3 is 0 Å². The molecule has 15 heavy (non-hydrogen) atoms. The Hall–Kier alpha value is -1.49. The highest BCUT2D eigenvalue weighted by Gasteiger charge is 2.33. The second-order valence-electron chi connectivity index (χ2n) is 4.46. The van der Waals surface area contributed by atoms with E-state index in [0.29, 0.717) is 5.92 Å². The maximum absolute atomic E-state index is 9.17. The Kier molecular flexibility index (Phi) is 1.76. The first-order valence-electron chi connectivity index (χ1n) is 5.49. The number of fused-ring (bicyclic) bond motifs is 3. The first-order valence-corrected chi connectivity index (χ1v) is 5.49. The van der Waals surface area contributed by atoms with Crippen LogP contribution < -0.4 is 4.74 Å². The Bertz CT molecular complexity index is 458. The zero-order valence-corrected chi connectivity index (χ0v) is 8.79. The normalized spacial score (nSPS) is 26.7. The van der Waals surface area contributed by atoms with Gasteiger partial charge in [0.25, 0.3) is 0 Å². The van der Waals surface area contributed by atoms with Crippen molar-refractivity contribution >= 4 is 0 Å². The maximum atomic E-state index is 9.17. The number of hydrogen-bond acceptors (Lipinski definition) is 2. The second kappa shape index (κ2) is 3.00. The molecule has 0 radical (unpaired) electrons. The van der Waals surface area contributed by atoms with Gasteiger partial charge in [-0.3, -0.25) is 0 Å². The van der Waals surface area contributed by atoms with Crippen LogP contribution >= 0.6 is 0 Å². The highest BCUT2D eigenvalue weighted by molar-refractivity contribution is 5.54. The van der Waals surface area contributed by atoms with Crippen LogP contribution in [0.25, 0.3) is 0 Å². The molecule has 1 aliphatic heterocycles. The molecule has 0 saturated carbocycles. The van der Waals surface area contributed by atoms with Gasteiger partial charge in [0.2, 0.25) is 0 Å². The molecule has 2 atom stereocenters. The smallest absolute Gasteiger partial charge is 0.122 e. The lowest BCUT2D eigenvalue weighted by molar-refractivity contribution is 0.357. The lowest BCUT2D eigenvalue weighted by atomic mass is 9.95. The fourth-order valence-corrected chi connectivity index (χ4v) is 2.88. The monoisotopic (exact) mass is 199 g/mol. The molecule has 76 valence electrons. The highest BCUT2D eigenvalue weighted by atomic mass is 16.5. The van der Waals surface area contributed by atoms with Crippen LogP contribution in [0.4, 0.5) is 0 Å². The maximum Gasteiger partial charge on any atom is 0.122 e. The van der Waals surface area contributed by atoms with E-state index in [1.54, 1.807) is 0 Å². The molecular formula is C13H13NO. The molecule has 0 spiro atoms. The number of nitriles is 1. The predicted molar refractivity (Wildman–Crippen MR) is 57.0 cm³/mol. The summed E-state index contributed by atoms with van der Waals surface area (Å²) >= 11 is 0. The minimum atomic E-state index is 0.0895. The lowest BCUT2D eigenvalue weighted by Gasteiger charge is -2.08. The van der Waals surface area contributed by atoms with E-state index in [1.165, 1.54) is 16.7 Å². The molecule has 1 aromatic rings. The predicted octanol–water partition coefficient (Wildman–Crippen LogP) is 2.74. The van der Waals surface area contributed by atoms with E-state index in [2.05, 4.69) is 25.1 Å². The van der Waals surface area contributed by atoms with E-state index < -0.39 is 0 Å². The van der Waals surface area contributed by atoms with E-state index in [0.717, 1.165) is 25.2 Å². The van der Waals surface area contributed by atoms with E-state index in [4.69, 9.17) is 4.74 Å². The number of nitrogens with zero attached hydrogens (tertiary/aromatic N) is 1. The summed E-state index contributed by atoms with van der Waals surface area (Å²) in [5, 5.41) is 9.17. The molecule has 0 aromatic heterocycles. The third kappa shape index (κ3) is 1.10. The van der Waals surface area contributed by atoms with Crippen LogP contribution in [-0.4, -0.2) is 6.61 Å². The zero-order chi connectivity index (χ0) is 10.4. The van der Waals surface area contributed by atoms with Crippen molar-refractivity contribution in [2.75, 3.05) is 6.61 Å². The van der Waals surface area contributed by atoms with Crippen molar-refractivity contribution in [3.8, 4) is 11.8 Å². The summed E-state index contributed by atoms with van der Waals surface area (Å²) in [6, 6.07) is 6.63. The fraction of sp³-hybridized carbons (Fsp3) is 0.462. The Balaban J connectivity index is 2.23. The molecule has 3 rings (SSSR count). The number of rotatable bonds is 0. The minimum Gasteiger partial charge on any atom is -0.493 e. The van der Waals surface area contributed by atoms with E-state index >= 15 is 0 Å². The lowest BCUT2D eigenvalue weighted by Crippen LogP contribution is -1.94. The second-order valence-corrected chi connectivity index (χ2v) is 4.46. The molecule has 2 aliphatic rings. The average molecular weight is 199 g/mol. The van der Waals surface area contributed by atoms with Crippen LogP contribution in [-0.2, 0) is 6.42 Å². The quantitative estimate of drug-likeness (QED) is 0.643. The van der Waals surface area contributed by atoms with E-state index in [1.807, 2.05) is 0 Å². The molecule has 1 aliphatic carbocycles. The summed E-state index contributed by atoms with van der Waals surface area (Å²) in [6.07, 6.45) is 1.95. The van der Waals surface area contributed by atoms with Crippen LogP contribution in [0, 0.1) is 11.3 Å². The standard InChI is InChI=1S/C13H13NO/c1-8-6-9(7-14)13-10(8)2-3-12-11(13)4-5-15-12/h2-3,8-9H,4-6H2,1H3. The van der Waals surface area contributed by atoms with Crippen LogP contribution in [0.2, 0.25) is 0 Å². The first kappa shape index (κ1) is 8.79. The Morgan fingerprint density at radius 2 is 2.33 bits per heavy atom. The zero-order valence-electron chi connectivity index (χ0n) is 8.79. The summed E-state index contributed by atoms with van der Waals surface area (Å²) < 4.78 is 5.54. The van der Waals surface area contributed by atoms with Gasteiger partial charge < -0.3 is 4.74 Å². The Labute approximate surface area is 89.5 Å². The third-order valence-electron chi connectivity index (χ3n) is 3.58. The fourth-order valence-electron chi connectivity index (χ4n) is 2.88. The van der Waals surface area contributed by atoms with Gasteiger partial charge in [0.05, 0.1) is 18.6 Å². The van der Waals surface area contributed by atoms with Gasteiger partial charge in [-0.2, -0.15) is 5.26 Å². The Morgan fingerprint density at radius 1 is 1.47 bits per heavy atom. The molecular weight excluding hydrogens is 186 g/mol. The molecule has 1 heterocycles. The van der Waals surface area contributed by atoms with Crippen molar-refractivity contribution in [2.45, 2.75) is 31.6 Å². The molecule has 0 amide bonds. The van der Waals surface area contributed by atoms with Crippen molar-refractivity contribution in [3.05, 3.63) is 28.8 Å². The van der Waals surface area contributed by atoms with Gasteiger partial charge in [0, 0.05) is 12.0 Å². The van der Waals surface area contributed by atoms with Gasteiger partial charge in [-0.1, -0.05) is 13.0 Å². The topological polar surface area (TPSA) is 33.0 Å². The van der Waals surface area contributed by atoms with Crippen molar-refractivity contribution < 1.29 is 4.74 Å². The van der Waals surface area contributed by atoms with E-state index in [9.17, 15) is 5.26 Å². The highest BCUT2D eigenvalue weighted by Crippen LogP contribution is 2.46. The molecule has 0 saturated heterocycles. The van der Waals surface area contributed by atoms with Crippen LogP contribution in [0.1, 0.15) is 41.9 Å². The van der Waals surface area contributed by atoms with Crippen molar-refractivity contribution in [1.82, 2.24) is 0 Å². The SMILES string of the molecule is CC1CC(C#N)c2c1ccc1c2CCO1. The summed E-state index contributed by atoms with van der Waals surface area (Å²) in [4.78, 5) is 0. The van der Waals surface area contributed by atoms with Crippen molar-refractivity contribution in [1.29, 1.82) is 5.26 Å². The molecule has 1 aromatic carbocycles. The summed E-state index contributed by atoms with van der Waals surface area (Å²) in [6.45, 7) is 2.98.